The maximum absolute atomic E-state index is 8.24. The van der Waals surface area contributed by atoms with Crippen LogP contribution in [-0.2, 0) is 6.42 Å². The van der Waals surface area contributed by atoms with Crippen LogP contribution in [-0.4, -0.2) is 31.4 Å². The summed E-state index contributed by atoms with van der Waals surface area (Å²) < 4.78 is 0. The van der Waals surface area contributed by atoms with Gasteiger partial charge in [-0.2, -0.15) is 0 Å². The smallest absolute Gasteiger partial charge is 0.127 e. The molecule has 2 N–H and O–H groups in total. The monoisotopic (exact) mass is 471 g/mol. The molecule has 5 rings (SSSR count). The molecule has 1 aromatic heterocycles. The van der Waals surface area contributed by atoms with E-state index in [0.29, 0.717) is 10.9 Å². The highest BCUT2D eigenvalue weighted by molar-refractivity contribution is 7.11. The Bertz CT molecular complexity index is 1320. The lowest BCUT2D eigenvalue weighted by atomic mass is 9.97. The van der Waals surface area contributed by atoms with E-state index in [1.165, 1.54) is 38.3 Å². The van der Waals surface area contributed by atoms with Crippen LogP contribution in [0.2, 0.25) is 0 Å². The molecule has 1 saturated carbocycles. The zero-order valence-corrected chi connectivity index (χ0v) is 20.5. The lowest BCUT2D eigenvalue weighted by Crippen LogP contribution is -2.21. The molecule has 3 aliphatic carbocycles. The minimum absolute atomic E-state index is 0.537. The molecule has 0 radical (unpaired) electrons. The van der Waals surface area contributed by atoms with Crippen LogP contribution in [0.4, 0.5) is 0 Å². The fourth-order valence-electron chi connectivity index (χ4n) is 4.50. The highest BCUT2D eigenvalue weighted by atomic mass is 35.5. The van der Waals surface area contributed by atoms with Crippen LogP contribution in [0.5, 0.6) is 0 Å². The Morgan fingerprint density at radius 1 is 1.06 bits per heavy atom. The molecule has 0 aliphatic heterocycles. The fourth-order valence-corrected chi connectivity index (χ4v) is 5.64. The molecule has 0 bridgehead atoms. The van der Waals surface area contributed by atoms with Crippen LogP contribution in [0.1, 0.15) is 40.8 Å². The summed E-state index contributed by atoms with van der Waals surface area (Å²) in [6.45, 7) is 0.768. The van der Waals surface area contributed by atoms with E-state index in [1.54, 1.807) is 0 Å². The average molecular weight is 472 g/mol. The number of thiophene rings is 1. The van der Waals surface area contributed by atoms with Gasteiger partial charge in [0.05, 0.1) is 10.7 Å². The van der Waals surface area contributed by atoms with Gasteiger partial charge in [0, 0.05) is 31.1 Å². The van der Waals surface area contributed by atoms with Crippen LogP contribution >= 0.6 is 22.9 Å². The average Bonchev–Trinajstić information content (AvgIpc) is 3.44. The summed E-state index contributed by atoms with van der Waals surface area (Å²) in [5.41, 5.74) is 16.5. The van der Waals surface area contributed by atoms with E-state index in [2.05, 4.69) is 52.5 Å². The number of rotatable bonds is 5. The number of amidine groups is 1. The first-order chi connectivity index (χ1) is 16.0. The Kier molecular flexibility index (Phi) is 6.01. The second kappa shape index (κ2) is 9.09. The topological polar surface area (TPSA) is 39.1 Å². The normalized spacial score (nSPS) is 19.0. The van der Waals surface area contributed by atoms with Crippen LogP contribution < -0.4 is 5.32 Å². The molecular weight excluding hydrogens is 446 g/mol. The lowest BCUT2D eigenvalue weighted by Gasteiger charge is -2.14. The maximum Gasteiger partial charge on any atom is 0.127 e. The van der Waals surface area contributed by atoms with Crippen LogP contribution in [0.3, 0.4) is 0 Å². The third kappa shape index (κ3) is 4.57. The van der Waals surface area contributed by atoms with Gasteiger partial charge in [-0.3, -0.25) is 5.41 Å². The van der Waals surface area contributed by atoms with Crippen molar-refractivity contribution < 1.29 is 0 Å². The first kappa shape index (κ1) is 21.8. The highest BCUT2D eigenvalue weighted by Crippen LogP contribution is 2.50. The van der Waals surface area contributed by atoms with Gasteiger partial charge in [0.25, 0.3) is 0 Å². The van der Waals surface area contributed by atoms with Crippen molar-refractivity contribution in [1.82, 2.24) is 10.2 Å². The zero-order valence-electron chi connectivity index (χ0n) is 18.9. The predicted molar refractivity (Wildman–Crippen MR) is 140 cm³/mol. The van der Waals surface area contributed by atoms with E-state index < -0.39 is 0 Å². The fraction of sp³-hybridized carbons (Fsp3) is 0.250. The summed E-state index contributed by atoms with van der Waals surface area (Å²) in [5, 5.41) is 14.6. The maximum atomic E-state index is 8.24. The molecule has 5 heteroatoms. The van der Waals surface area contributed by atoms with Crippen molar-refractivity contribution in [3.63, 3.8) is 0 Å². The standard InChI is InChI=1S/C28H26ClN3S/c1-32(2)28(30)20-8-6-18(7-9-20)23-5-3-4-19-14-15-33-27(19)26(25-16-24(23)25)17-31-22-12-10-21(29)11-13-22/h6-10,12,14-15,30-31H,3-5,16-17H2,1-2H3/b24-23?,26-25-,30-28?. The molecule has 3 nitrogen and oxygen atoms in total. The molecular formula is C28H26ClN3S. The Morgan fingerprint density at radius 2 is 1.88 bits per heavy atom. The molecule has 0 atom stereocenters. The Labute approximate surface area is 204 Å². The molecule has 1 heterocycles. The highest BCUT2D eigenvalue weighted by Gasteiger charge is 2.32. The number of aryl methyl sites for hydroxylation is 1. The van der Waals surface area contributed by atoms with Gasteiger partial charge in [0.15, 0.2) is 0 Å². The van der Waals surface area contributed by atoms with Crippen LogP contribution in [0.25, 0.3) is 11.1 Å². The van der Waals surface area contributed by atoms with E-state index in [-0.39, 0.29) is 0 Å². The van der Waals surface area contributed by atoms with Gasteiger partial charge < -0.3 is 10.2 Å². The first-order valence-electron chi connectivity index (χ1n) is 11.2. The SMILES string of the molecule is CN(C)C(=N)c1ccc(C2=C3C/C3=C(\CNC3=C=C=C(Cl)C=C3)c3sccc3CCC2)cc1. The summed E-state index contributed by atoms with van der Waals surface area (Å²) in [5.74, 6) is 0.537. The molecule has 3 aliphatic rings. The van der Waals surface area contributed by atoms with Crippen molar-refractivity contribution in [2.24, 2.45) is 0 Å². The van der Waals surface area contributed by atoms with Crippen LogP contribution in [0, 0.1) is 5.41 Å². The number of benzene rings is 1. The first-order valence-corrected chi connectivity index (χ1v) is 12.5. The van der Waals surface area contributed by atoms with Crippen molar-refractivity contribution in [2.75, 3.05) is 20.6 Å². The van der Waals surface area contributed by atoms with Gasteiger partial charge in [-0.1, -0.05) is 35.9 Å². The molecule has 2 aromatic rings. The molecule has 0 unspecified atom stereocenters. The number of hydrogen-bond acceptors (Lipinski definition) is 3. The lowest BCUT2D eigenvalue weighted by molar-refractivity contribution is 0.619. The van der Waals surface area contributed by atoms with Gasteiger partial charge in [-0.15, -0.1) is 11.3 Å². The summed E-state index contributed by atoms with van der Waals surface area (Å²) in [4.78, 5) is 3.26. The van der Waals surface area contributed by atoms with Crippen molar-refractivity contribution >= 4 is 39.9 Å². The summed E-state index contributed by atoms with van der Waals surface area (Å²) in [6.07, 6.45) is 8.17. The predicted octanol–water partition coefficient (Wildman–Crippen LogP) is 6.50. The number of hydrogen-bond donors (Lipinski definition) is 2. The van der Waals surface area contributed by atoms with Gasteiger partial charge in [0.1, 0.15) is 5.84 Å². The largest absolute Gasteiger partial charge is 0.374 e. The molecule has 166 valence electrons. The van der Waals surface area contributed by atoms with Gasteiger partial charge in [-0.25, -0.2) is 0 Å². The van der Waals surface area contributed by atoms with Crippen molar-refractivity contribution in [1.29, 1.82) is 5.41 Å². The van der Waals surface area contributed by atoms with Crippen LogP contribution in [0.15, 0.2) is 81.2 Å². The summed E-state index contributed by atoms with van der Waals surface area (Å²) in [6, 6.07) is 10.8. The van der Waals surface area contributed by atoms with Gasteiger partial charge >= 0.3 is 0 Å². The number of allylic oxidation sites excluding steroid dienone is 6. The molecule has 0 spiro atoms. The Balaban J connectivity index is 1.50. The van der Waals surface area contributed by atoms with E-state index in [4.69, 9.17) is 17.0 Å². The minimum atomic E-state index is 0.537. The third-order valence-electron chi connectivity index (χ3n) is 6.34. The summed E-state index contributed by atoms with van der Waals surface area (Å²) >= 11 is 7.83. The van der Waals surface area contributed by atoms with Crippen molar-refractivity contribution in [2.45, 2.75) is 25.7 Å². The minimum Gasteiger partial charge on any atom is -0.374 e. The number of nitrogens with zero attached hydrogens (tertiary/aromatic N) is 1. The van der Waals surface area contributed by atoms with E-state index in [9.17, 15) is 0 Å². The molecule has 33 heavy (non-hydrogen) atoms. The van der Waals surface area contributed by atoms with Gasteiger partial charge in [-0.05, 0) is 94.2 Å². The molecule has 0 saturated heterocycles. The quantitative estimate of drug-likeness (QED) is 0.296. The van der Waals surface area contributed by atoms with E-state index >= 15 is 0 Å². The molecule has 1 aromatic carbocycles. The van der Waals surface area contributed by atoms with Gasteiger partial charge in [0.2, 0.25) is 0 Å². The zero-order chi connectivity index (χ0) is 22.9. The van der Waals surface area contributed by atoms with Crippen molar-refractivity contribution in [3.8, 4) is 0 Å². The van der Waals surface area contributed by atoms with Crippen molar-refractivity contribution in [3.05, 3.63) is 103 Å². The third-order valence-corrected chi connectivity index (χ3v) is 7.57. The summed E-state index contributed by atoms with van der Waals surface area (Å²) in [7, 11) is 3.82. The number of fused-ring (bicyclic) bond motifs is 2. The second-order valence-electron chi connectivity index (χ2n) is 8.74. The van der Waals surface area contributed by atoms with E-state index in [1.807, 2.05) is 42.5 Å². The molecule has 0 amide bonds. The molecule has 1 fully saturated rings. The number of nitrogens with one attached hydrogen (secondary N) is 2. The van der Waals surface area contributed by atoms with E-state index in [0.717, 1.165) is 43.5 Å². The second-order valence-corrected chi connectivity index (χ2v) is 10.1. The Hall–Kier alpha value is -3.00. The Morgan fingerprint density at radius 3 is 2.61 bits per heavy atom. The number of halogens is 1.